The molecular formula is C19H20N4OS2. The van der Waals surface area contributed by atoms with Crippen LogP contribution in [0.2, 0.25) is 0 Å². The normalized spacial score (nSPS) is 23.7. The number of benzene rings is 1. The van der Waals surface area contributed by atoms with E-state index in [1.165, 1.54) is 37.0 Å². The molecule has 2 aromatic rings. The summed E-state index contributed by atoms with van der Waals surface area (Å²) in [6, 6.07) is 9.65. The third-order valence-corrected chi connectivity index (χ3v) is 7.47. The van der Waals surface area contributed by atoms with Crippen molar-refractivity contribution in [2.75, 3.05) is 5.32 Å². The Morgan fingerprint density at radius 1 is 1.27 bits per heavy atom. The molecule has 3 atom stereocenters. The molecule has 1 N–H and O–H groups in total. The molecule has 0 unspecified atom stereocenters. The summed E-state index contributed by atoms with van der Waals surface area (Å²) in [5.74, 6) is 3.02. The smallest absolute Gasteiger partial charge is 0.226 e. The molecule has 134 valence electrons. The molecule has 1 aromatic carbocycles. The molecule has 1 heterocycles. The van der Waals surface area contributed by atoms with Gasteiger partial charge in [0.05, 0.1) is 11.6 Å². The van der Waals surface area contributed by atoms with Crippen LogP contribution in [0.25, 0.3) is 0 Å². The van der Waals surface area contributed by atoms with Crippen molar-refractivity contribution < 1.29 is 4.79 Å². The summed E-state index contributed by atoms with van der Waals surface area (Å²) in [4.78, 5) is 12.3. The van der Waals surface area contributed by atoms with E-state index in [2.05, 4.69) is 21.6 Å². The molecule has 2 fully saturated rings. The SMILES string of the molecule is N#Cc1ccc(CSc2nnc(NC(=O)C[C@H]3C[C@H]4CC[C@H]3C4)s2)cc1. The van der Waals surface area contributed by atoms with Crippen molar-refractivity contribution in [2.45, 2.75) is 42.2 Å². The summed E-state index contributed by atoms with van der Waals surface area (Å²) in [6.07, 6.45) is 5.83. The van der Waals surface area contributed by atoms with Gasteiger partial charge >= 0.3 is 0 Å². The first-order chi connectivity index (χ1) is 12.7. The van der Waals surface area contributed by atoms with E-state index in [9.17, 15) is 4.79 Å². The van der Waals surface area contributed by atoms with E-state index in [-0.39, 0.29) is 5.91 Å². The predicted molar refractivity (Wildman–Crippen MR) is 103 cm³/mol. The zero-order valence-electron chi connectivity index (χ0n) is 14.4. The molecule has 2 saturated carbocycles. The van der Waals surface area contributed by atoms with Crippen molar-refractivity contribution in [3.63, 3.8) is 0 Å². The first-order valence-electron chi connectivity index (χ1n) is 8.95. The van der Waals surface area contributed by atoms with E-state index in [4.69, 9.17) is 5.26 Å². The number of hydrogen-bond acceptors (Lipinski definition) is 6. The Labute approximate surface area is 161 Å². The molecule has 1 amide bonds. The molecular weight excluding hydrogens is 364 g/mol. The van der Waals surface area contributed by atoms with Crippen LogP contribution in [0.3, 0.4) is 0 Å². The molecule has 0 aliphatic heterocycles. The molecule has 0 saturated heterocycles. The molecule has 5 nitrogen and oxygen atoms in total. The maximum absolute atomic E-state index is 12.3. The summed E-state index contributed by atoms with van der Waals surface area (Å²) < 4.78 is 0.838. The molecule has 1 aromatic heterocycles. The number of hydrogen-bond donors (Lipinski definition) is 1. The van der Waals surface area contributed by atoms with Crippen molar-refractivity contribution in [3.05, 3.63) is 35.4 Å². The summed E-state index contributed by atoms with van der Waals surface area (Å²) in [5.41, 5.74) is 1.79. The van der Waals surface area contributed by atoms with Crippen LogP contribution in [0.15, 0.2) is 28.6 Å². The zero-order chi connectivity index (χ0) is 17.9. The number of carbonyl (C=O) groups is 1. The number of thioether (sulfide) groups is 1. The second-order valence-electron chi connectivity index (χ2n) is 7.16. The van der Waals surface area contributed by atoms with E-state index < -0.39 is 0 Å². The van der Waals surface area contributed by atoms with Crippen LogP contribution in [-0.2, 0) is 10.5 Å². The summed E-state index contributed by atoms with van der Waals surface area (Å²) in [7, 11) is 0. The van der Waals surface area contributed by atoms with Crippen molar-refractivity contribution in [2.24, 2.45) is 17.8 Å². The highest BCUT2D eigenvalue weighted by atomic mass is 32.2. The lowest BCUT2D eigenvalue weighted by molar-refractivity contribution is -0.117. The highest BCUT2D eigenvalue weighted by Crippen LogP contribution is 2.49. The molecule has 2 bridgehead atoms. The van der Waals surface area contributed by atoms with Crippen molar-refractivity contribution in [1.82, 2.24) is 10.2 Å². The fourth-order valence-electron chi connectivity index (χ4n) is 4.17. The summed E-state index contributed by atoms with van der Waals surface area (Å²) in [5, 5.41) is 20.6. The van der Waals surface area contributed by atoms with Crippen molar-refractivity contribution in [1.29, 1.82) is 5.26 Å². The van der Waals surface area contributed by atoms with E-state index in [0.29, 0.717) is 23.0 Å². The largest absolute Gasteiger partial charge is 0.300 e. The van der Waals surface area contributed by atoms with Gasteiger partial charge in [-0.15, -0.1) is 10.2 Å². The monoisotopic (exact) mass is 384 g/mol. The number of carbonyl (C=O) groups excluding carboxylic acids is 1. The Kier molecular flexibility index (Phi) is 5.23. The molecule has 0 radical (unpaired) electrons. The molecule has 26 heavy (non-hydrogen) atoms. The van der Waals surface area contributed by atoms with Gasteiger partial charge in [-0.2, -0.15) is 5.26 Å². The van der Waals surface area contributed by atoms with E-state index >= 15 is 0 Å². The highest BCUT2D eigenvalue weighted by molar-refractivity contribution is 8.00. The number of amides is 1. The van der Waals surface area contributed by atoms with Gasteiger partial charge in [-0.05, 0) is 54.7 Å². The van der Waals surface area contributed by atoms with Gasteiger partial charge < -0.3 is 5.32 Å². The summed E-state index contributed by atoms with van der Waals surface area (Å²) >= 11 is 3.01. The second-order valence-corrected chi connectivity index (χ2v) is 9.36. The minimum Gasteiger partial charge on any atom is -0.300 e. The average molecular weight is 385 g/mol. The van der Waals surface area contributed by atoms with Gasteiger partial charge in [0, 0.05) is 12.2 Å². The fraction of sp³-hybridized carbons (Fsp3) is 0.474. The second kappa shape index (κ2) is 7.77. The highest BCUT2D eigenvalue weighted by Gasteiger charge is 2.40. The lowest BCUT2D eigenvalue weighted by Gasteiger charge is -2.20. The third kappa shape index (κ3) is 4.08. The minimum absolute atomic E-state index is 0.0716. The number of rotatable bonds is 6. The topological polar surface area (TPSA) is 78.7 Å². The number of aromatic nitrogens is 2. The van der Waals surface area contributed by atoms with Gasteiger partial charge in [0.25, 0.3) is 0 Å². The number of nitrogens with one attached hydrogen (secondary N) is 1. The van der Waals surface area contributed by atoms with E-state index in [1.54, 1.807) is 11.8 Å². The first kappa shape index (κ1) is 17.5. The van der Waals surface area contributed by atoms with Gasteiger partial charge in [0.2, 0.25) is 11.0 Å². The van der Waals surface area contributed by atoms with Crippen LogP contribution in [0.1, 0.15) is 43.2 Å². The molecule has 4 rings (SSSR count). The van der Waals surface area contributed by atoms with Crippen LogP contribution < -0.4 is 5.32 Å². The molecule has 2 aliphatic rings. The minimum atomic E-state index is 0.0716. The number of fused-ring (bicyclic) bond motifs is 2. The quantitative estimate of drug-likeness (QED) is 0.587. The number of anilines is 1. The predicted octanol–water partition coefficient (Wildman–Crippen LogP) is 4.47. The maximum atomic E-state index is 12.3. The van der Waals surface area contributed by atoms with Crippen molar-refractivity contribution >= 4 is 34.1 Å². The fourth-order valence-corrected chi connectivity index (χ4v) is 5.90. The Morgan fingerprint density at radius 2 is 2.12 bits per heavy atom. The van der Waals surface area contributed by atoms with E-state index in [1.807, 2.05) is 24.3 Å². The lowest BCUT2D eigenvalue weighted by Crippen LogP contribution is -2.20. The van der Waals surface area contributed by atoms with Gasteiger partial charge in [-0.3, -0.25) is 4.79 Å². The number of nitriles is 1. The Balaban J connectivity index is 1.26. The van der Waals surface area contributed by atoms with Gasteiger partial charge in [-0.1, -0.05) is 41.7 Å². The molecule has 0 spiro atoms. The van der Waals surface area contributed by atoms with Gasteiger partial charge in [-0.25, -0.2) is 0 Å². The molecule has 2 aliphatic carbocycles. The van der Waals surface area contributed by atoms with Crippen LogP contribution in [0, 0.1) is 29.1 Å². The van der Waals surface area contributed by atoms with Crippen LogP contribution in [0.4, 0.5) is 5.13 Å². The van der Waals surface area contributed by atoms with Crippen molar-refractivity contribution in [3.8, 4) is 6.07 Å². The third-order valence-electron chi connectivity index (χ3n) is 5.43. The van der Waals surface area contributed by atoms with Gasteiger partial charge in [0.1, 0.15) is 0 Å². The Hall–Kier alpha value is -1.91. The Bertz CT molecular complexity index is 827. The van der Waals surface area contributed by atoms with E-state index in [0.717, 1.165) is 27.5 Å². The Morgan fingerprint density at radius 3 is 2.81 bits per heavy atom. The van der Waals surface area contributed by atoms with Crippen LogP contribution in [0.5, 0.6) is 0 Å². The maximum Gasteiger partial charge on any atom is 0.226 e. The number of nitrogens with zero attached hydrogens (tertiary/aromatic N) is 3. The van der Waals surface area contributed by atoms with Crippen LogP contribution in [-0.4, -0.2) is 16.1 Å². The summed E-state index contributed by atoms with van der Waals surface area (Å²) in [6.45, 7) is 0. The van der Waals surface area contributed by atoms with Crippen LogP contribution >= 0.6 is 23.1 Å². The first-order valence-corrected chi connectivity index (χ1v) is 10.7. The lowest BCUT2D eigenvalue weighted by atomic mass is 9.86. The zero-order valence-corrected chi connectivity index (χ0v) is 16.0. The van der Waals surface area contributed by atoms with Gasteiger partial charge in [0.15, 0.2) is 4.34 Å². The standard InChI is InChI=1S/C19H20N4OS2/c20-10-12-1-3-13(4-2-12)11-25-19-23-22-18(26-19)21-17(24)9-16-8-14-5-6-15(16)7-14/h1-4,14-16H,5-9,11H2,(H,21,22,24)/t14-,15-,16+/m0/s1. The average Bonchev–Trinajstić information content (AvgIpc) is 3.37. The molecule has 7 heteroatoms.